The van der Waals surface area contributed by atoms with Crippen molar-refractivity contribution in [1.82, 2.24) is 9.97 Å². The van der Waals surface area contributed by atoms with Crippen molar-refractivity contribution in [3.63, 3.8) is 0 Å². The molecule has 3 aromatic rings. The molecule has 27 heavy (non-hydrogen) atoms. The van der Waals surface area contributed by atoms with Crippen LogP contribution in [0.3, 0.4) is 0 Å². The van der Waals surface area contributed by atoms with Crippen molar-refractivity contribution in [3.05, 3.63) is 48.8 Å². The molecule has 4 rings (SSSR count). The van der Waals surface area contributed by atoms with E-state index in [9.17, 15) is 0 Å². The number of nitrogens with two attached hydrogens (primary N) is 1. The van der Waals surface area contributed by atoms with Crippen molar-refractivity contribution in [3.8, 4) is 17.2 Å². The van der Waals surface area contributed by atoms with Crippen molar-refractivity contribution < 1.29 is 14.2 Å². The second-order valence-corrected chi connectivity index (χ2v) is 5.73. The van der Waals surface area contributed by atoms with Crippen LogP contribution < -0.4 is 30.6 Å². The first-order valence-corrected chi connectivity index (χ1v) is 8.50. The molecule has 0 fully saturated rings. The van der Waals surface area contributed by atoms with Gasteiger partial charge in [0.15, 0.2) is 23.1 Å². The molecule has 2 heterocycles. The van der Waals surface area contributed by atoms with Crippen LogP contribution in [0.5, 0.6) is 17.2 Å². The topological polar surface area (TPSA) is 104 Å². The van der Waals surface area contributed by atoms with Crippen LogP contribution in [0, 0.1) is 0 Å². The van der Waals surface area contributed by atoms with Crippen LogP contribution in [-0.4, -0.2) is 23.4 Å². The second-order valence-electron chi connectivity index (χ2n) is 5.73. The van der Waals surface area contributed by atoms with Gasteiger partial charge in [0.2, 0.25) is 6.79 Å². The van der Waals surface area contributed by atoms with E-state index in [2.05, 4.69) is 20.6 Å². The molecule has 0 unspecified atom stereocenters. The van der Waals surface area contributed by atoms with E-state index in [0.29, 0.717) is 35.4 Å². The number of nitrogens with one attached hydrogen (secondary N) is 2. The van der Waals surface area contributed by atoms with Crippen LogP contribution in [0.1, 0.15) is 6.92 Å². The normalized spacial score (nSPS) is 11.9. The fourth-order valence-electron chi connectivity index (χ4n) is 2.68. The Balaban J connectivity index is 1.58. The molecule has 0 atom stereocenters. The van der Waals surface area contributed by atoms with Gasteiger partial charge in [0.25, 0.3) is 0 Å². The van der Waals surface area contributed by atoms with Crippen molar-refractivity contribution in [2.24, 2.45) is 0 Å². The number of aromatic nitrogens is 2. The van der Waals surface area contributed by atoms with Gasteiger partial charge in [-0.25, -0.2) is 9.97 Å². The highest BCUT2D eigenvalue weighted by Crippen LogP contribution is 2.36. The van der Waals surface area contributed by atoms with E-state index in [1.165, 1.54) is 6.33 Å². The Labute approximate surface area is 156 Å². The van der Waals surface area contributed by atoms with E-state index in [1.807, 2.05) is 49.4 Å². The number of rotatable bonds is 6. The molecule has 0 aliphatic carbocycles. The summed E-state index contributed by atoms with van der Waals surface area (Å²) < 4.78 is 16.3. The summed E-state index contributed by atoms with van der Waals surface area (Å²) in [5.41, 5.74) is 8.22. The summed E-state index contributed by atoms with van der Waals surface area (Å²) in [6.07, 6.45) is 1.44. The number of nitrogen functional groups attached to an aromatic ring is 1. The number of para-hydroxylation sites is 2. The van der Waals surface area contributed by atoms with Gasteiger partial charge in [-0.3, -0.25) is 0 Å². The van der Waals surface area contributed by atoms with Gasteiger partial charge in [-0.2, -0.15) is 0 Å². The lowest BCUT2D eigenvalue weighted by Crippen LogP contribution is -2.06. The molecule has 8 heteroatoms. The molecule has 0 saturated heterocycles. The molecule has 138 valence electrons. The van der Waals surface area contributed by atoms with Gasteiger partial charge in [0.05, 0.1) is 12.3 Å². The minimum Gasteiger partial charge on any atom is -0.492 e. The first-order valence-electron chi connectivity index (χ1n) is 8.50. The Bertz CT molecular complexity index is 964. The van der Waals surface area contributed by atoms with Gasteiger partial charge < -0.3 is 30.6 Å². The zero-order chi connectivity index (χ0) is 18.6. The van der Waals surface area contributed by atoms with Crippen LogP contribution in [0.15, 0.2) is 48.8 Å². The maximum absolute atomic E-state index is 6.27. The summed E-state index contributed by atoms with van der Waals surface area (Å²) in [5.74, 6) is 3.09. The summed E-state index contributed by atoms with van der Waals surface area (Å²) >= 11 is 0. The molecule has 2 aromatic carbocycles. The van der Waals surface area contributed by atoms with Gasteiger partial charge in [0, 0.05) is 11.8 Å². The minimum atomic E-state index is 0.224. The first kappa shape index (κ1) is 16.8. The van der Waals surface area contributed by atoms with Crippen LogP contribution in [0.4, 0.5) is 28.7 Å². The second kappa shape index (κ2) is 7.28. The molecule has 0 spiro atoms. The van der Waals surface area contributed by atoms with Crippen molar-refractivity contribution in [1.29, 1.82) is 0 Å². The van der Waals surface area contributed by atoms with Crippen molar-refractivity contribution in [2.45, 2.75) is 6.92 Å². The Morgan fingerprint density at radius 2 is 1.81 bits per heavy atom. The largest absolute Gasteiger partial charge is 0.492 e. The minimum absolute atomic E-state index is 0.224. The number of benzene rings is 2. The van der Waals surface area contributed by atoms with Gasteiger partial charge in [-0.05, 0) is 31.2 Å². The highest BCUT2D eigenvalue weighted by atomic mass is 16.7. The third kappa shape index (κ3) is 3.50. The molecule has 1 aromatic heterocycles. The summed E-state index contributed by atoms with van der Waals surface area (Å²) in [4.78, 5) is 8.49. The highest BCUT2D eigenvalue weighted by molar-refractivity contribution is 5.81. The SMILES string of the molecule is CCOc1ccccc1Nc1ncnc(Nc2ccc3c(c2)OCO3)c1N. The number of hydrogen-bond donors (Lipinski definition) is 3. The molecular formula is C19H19N5O3. The van der Waals surface area contributed by atoms with E-state index in [1.54, 1.807) is 0 Å². The van der Waals surface area contributed by atoms with Crippen molar-refractivity contribution >= 4 is 28.7 Å². The standard InChI is InChI=1S/C19H19N5O3/c1-2-25-14-6-4-3-5-13(14)24-19-17(20)18(21-10-22-19)23-12-7-8-15-16(9-12)27-11-26-15/h3-10H,2,11,20H2,1H3,(H2,21,22,23,24). The van der Waals surface area contributed by atoms with Crippen LogP contribution in [0.25, 0.3) is 0 Å². The van der Waals surface area contributed by atoms with Crippen LogP contribution in [-0.2, 0) is 0 Å². The smallest absolute Gasteiger partial charge is 0.231 e. The van der Waals surface area contributed by atoms with E-state index in [-0.39, 0.29) is 6.79 Å². The molecule has 0 amide bonds. The zero-order valence-corrected chi connectivity index (χ0v) is 14.7. The lowest BCUT2D eigenvalue weighted by molar-refractivity contribution is 0.174. The van der Waals surface area contributed by atoms with E-state index < -0.39 is 0 Å². The average Bonchev–Trinajstić information content (AvgIpc) is 3.14. The molecule has 4 N–H and O–H groups in total. The predicted molar refractivity (Wildman–Crippen MR) is 103 cm³/mol. The Hall–Kier alpha value is -3.68. The van der Waals surface area contributed by atoms with Crippen LogP contribution >= 0.6 is 0 Å². The molecule has 0 radical (unpaired) electrons. The van der Waals surface area contributed by atoms with E-state index >= 15 is 0 Å². The maximum Gasteiger partial charge on any atom is 0.231 e. The number of hydrogen-bond acceptors (Lipinski definition) is 8. The third-order valence-electron chi connectivity index (χ3n) is 3.96. The molecule has 0 bridgehead atoms. The Kier molecular flexibility index (Phi) is 4.52. The lowest BCUT2D eigenvalue weighted by atomic mass is 10.2. The first-order chi connectivity index (χ1) is 13.2. The zero-order valence-electron chi connectivity index (χ0n) is 14.7. The molecule has 0 saturated carbocycles. The van der Waals surface area contributed by atoms with Gasteiger partial charge >= 0.3 is 0 Å². The molecule has 8 nitrogen and oxygen atoms in total. The average molecular weight is 365 g/mol. The predicted octanol–water partition coefficient (Wildman–Crippen LogP) is 3.67. The fourth-order valence-corrected chi connectivity index (χ4v) is 2.68. The maximum atomic E-state index is 6.27. The fraction of sp³-hybridized carbons (Fsp3) is 0.158. The molecule has 1 aliphatic heterocycles. The summed E-state index contributed by atoms with van der Waals surface area (Å²) in [6, 6.07) is 13.1. The van der Waals surface area contributed by atoms with Gasteiger partial charge in [-0.1, -0.05) is 12.1 Å². The Morgan fingerprint density at radius 3 is 2.67 bits per heavy atom. The quantitative estimate of drug-likeness (QED) is 0.608. The van der Waals surface area contributed by atoms with Crippen LogP contribution in [0.2, 0.25) is 0 Å². The monoisotopic (exact) mass is 365 g/mol. The van der Waals surface area contributed by atoms with E-state index in [0.717, 1.165) is 17.1 Å². The number of nitrogens with zero attached hydrogens (tertiary/aromatic N) is 2. The summed E-state index contributed by atoms with van der Waals surface area (Å²) in [5, 5.41) is 6.39. The molecular weight excluding hydrogens is 346 g/mol. The summed E-state index contributed by atoms with van der Waals surface area (Å²) in [7, 11) is 0. The van der Waals surface area contributed by atoms with Gasteiger partial charge in [0.1, 0.15) is 17.8 Å². The lowest BCUT2D eigenvalue weighted by Gasteiger charge is -2.15. The highest BCUT2D eigenvalue weighted by Gasteiger charge is 2.15. The number of ether oxygens (including phenoxy) is 3. The number of anilines is 5. The molecule has 1 aliphatic rings. The Morgan fingerprint density at radius 1 is 1.04 bits per heavy atom. The van der Waals surface area contributed by atoms with Crippen molar-refractivity contribution in [2.75, 3.05) is 29.8 Å². The number of fused-ring (bicyclic) bond motifs is 1. The van der Waals surface area contributed by atoms with Gasteiger partial charge in [-0.15, -0.1) is 0 Å². The third-order valence-corrected chi connectivity index (χ3v) is 3.96. The summed E-state index contributed by atoms with van der Waals surface area (Å²) in [6.45, 7) is 2.72. The van der Waals surface area contributed by atoms with E-state index in [4.69, 9.17) is 19.9 Å².